The number of hydrogen-bond acceptors (Lipinski definition) is 9. The summed E-state index contributed by atoms with van der Waals surface area (Å²) < 4.78 is 0. The van der Waals surface area contributed by atoms with Crippen LogP contribution >= 0.6 is 0 Å². The lowest BCUT2D eigenvalue weighted by Gasteiger charge is -2.07. The van der Waals surface area contributed by atoms with Gasteiger partial charge in [-0.1, -0.05) is 6.07 Å². The van der Waals surface area contributed by atoms with Crippen molar-refractivity contribution in [2.75, 3.05) is 11.5 Å². The van der Waals surface area contributed by atoms with Crippen LogP contribution in [-0.2, 0) is 13.1 Å². The number of aromatic hydroxyl groups is 2. The highest BCUT2D eigenvalue weighted by Gasteiger charge is 2.07. The molecule has 0 aliphatic heterocycles. The minimum absolute atomic E-state index is 0.0577. The van der Waals surface area contributed by atoms with Gasteiger partial charge in [0.25, 0.3) is 0 Å². The number of nitrogens with one attached hydrogen (secondary N) is 1. The number of phenols is 2. The number of nitrogen functional groups attached to an aromatic ring is 2. The normalized spacial score (nSPS) is 11.0. The Morgan fingerprint density at radius 3 is 2.61 bits per heavy atom. The summed E-state index contributed by atoms with van der Waals surface area (Å²) in [6, 6.07) is 4.64. The molecule has 0 saturated carbocycles. The van der Waals surface area contributed by atoms with E-state index in [-0.39, 0.29) is 23.3 Å². The number of benzene rings is 1. The van der Waals surface area contributed by atoms with Crippen molar-refractivity contribution in [3.05, 3.63) is 35.7 Å². The number of hydrogen-bond donors (Lipinski definition) is 5. The van der Waals surface area contributed by atoms with Crippen LogP contribution in [0.4, 0.5) is 11.8 Å². The van der Waals surface area contributed by atoms with Crippen molar-refractivity contribution in [1.29, 1.82) is 0 Å². The second-order valence-corrected chi connectivity index (χ2v) is 4.93. The van der Waals surface area contributed by atoms with Gasteiger partial charge in [0, 0.05) is 13.1 Å². The fraction of sp³-hybridized carbons (Fsp3) is 0.143. The highest BCUT2D eigenvalue weighted by Crippen LogP contribution is 2.24. The Morgan fingerprint density at radius 1 is 1.00 bits per heavy atom. The molecule has 0 radical (unpaired) electrons. The van der Waals surface area contributed by atoms with Crippen molar-refractivity contribution in [3.8, 4) is 11.5 Å². The largest absolute Gasteiger partial charge is 0.504 e. The molecule has 0 amide bonds. The molecule has 0 fully saturated rings. The summed E-state index contributed by atoms with van der Waals surface area (Å²) in [4.78, 5) is 16.3. The summed E-state index contributed by atoms with van der Waals surface area (Å²) in [6.45, 7) is 0.926. The van der Waals surface area contributed by atoms with Crippen molar-refractivity contribution < 1.29 is 10.2 Å². The molecule has 0 spiro atoms. The molecular weight excluding hydrogens is 298 g/mol. The second-order valence-electron chi connectivity index (χ2n) is 4.93. The van der Waals surface area contributed by atoms with Crippen LogP contribution in [0.1, 0.15) is 11.3 Å². The van der Waals surface area contributed by atoms with Crippen LogP contribution in [0, 0.1) is 0 Å². The molecule has 0 unspecified atom stereocenters. The van der Waals surface area contributed by atoms with Gasteiger partial charge < -0.3 is 27.0 Å². The van der Waals surface area contributed by atoms with Crippen molar-refractivity contribution in [2.24, 2.45) is 0 Å². The summed E-state index contributed by atoms with van der Waals surface area (Å²) >= 11 is 0. The molecule has 2 heterocycles. The fourth-order valence-electron chi connectivity index (χ4n) is 2.08. The number of rotatable bonds is 4. The molecule has 0 atom stereocenters. The third kappa shape index (κ3) is 3.19. The molecule has 118 valence electrons. The minimum atomic E-state index is -0.155. The van der Waals surface area contributed by atoms with E-state index in [0.29, 0.717) is 29.9 Å². The first-order chi connectivity index (χ1) is 11.0. The molecule has 23 heavy (non-hydrogen) atoms. The Kier molecular flexibility index (Phi) is 3.77. The number of aromatic nitrogens is 4. The number of nitrogens with zero attached hydrogens (tertiary/aromatic N) is 4. The van der Waals surface area contributed by atoms with Gasteiger partial charge in [0.05, 0.1) is 11.9 Å². The Hall–Kier alpha value is -3.20. The van der Waals surface area contributed by atoms with E-state index in [2.05, 4.69) is 25.3 Å². The average molecular weight is 313 g/mol. The van der Waals surface area contributed by atoms with E-state index in [9.17, 15) is 10.2 Å². The Bertz CT molecular complexity index is 869. The molecule has 9 heteroatoms. The Labute approximate surface area is 131 Å². The van der Waals surface area contributed by atoms with Crippen molar-refractivity contribution >= 4 is 22.9 Å². The van der Waals surface area contributed by atoms with Crippen molar-refractivity contribution in [3.63, 3.8) is 0 Å². The van der Waals surface area contributed by atoms with Crippen molar-refractivity contribution in [1.82, 2.24) is 25.3 Å². The second kappa shape index (κ2) is 5.89. The highest BCUT2D eigenvalue weighted by molar-refractivity contribution is 5.81. The predicted octanol–water partition coefficient (Wildman–Crippen LogP) is 0.285. The maximum Gasteiger partial charge on any atom is 0.224 e. The average Bonchev–Trinajstić information content (AvgIpc) is 2.51. The smallest absolute Gasteiger partial charge is 0.224 e. The first-order valence-corrected chi connectivity index (χ1v) is 6.79. The van der Waals surface area contributed by atoms with Crippen LogP contribution in [-0.4, -0.2) is 30.1 Å². The highest BCUT2D eigenvalue weighted by atomic mass is 16.3. The zero-order valence-electron chi connectivity index (χ0n) is 12.1. The monoisotopic (exact) mass is 313 g/mol. The van der Waals surface area contributed by atoms with Gasteiger partial charge in [-0.3, -0.25) is 0 Å². The van der Waals surface area contributed by atoms with Gasteiger partial charge in [0.1, 0.15) is 0 Å². The van der Waals surface area contributed by atoms with Crippen LogP contribution in [0.25, 0.3) is 11.2 Å². The van der Waals surface area contributed by atoms with Crippen LogP contribution in [0.15, 0.2) is 24.4 Å². The lowest BCUT2D eigenvalue weighted by Crippen LogP contribution is -2.14. The molecule has 2 aromatic heterocycles. The maximum atomic E-state index is 9.45. The summed E-state index contributed by atoms with van der Waals surface area (Å²) in [5.41, 5.74) is 13.5. The molecule has 3 aromatic rings. The molecule has 3 rings (SSSR count). The van der Waals surface area contributed by atoms with E-state index in [1.54, 1.807) is 12.3 Å². The number of nitrogens with two attached hydrogens (primary N) is 2. The van der Waals surface area contributed by atoms with E-state index in [4.69, 9.17) is 11.5 Å². The zero-order chi connectivity index (χ0) is 16.4. The van der Waals surface area contributed by atoms with E-state index in [1.165, 1.54) is 12.1 Å². The van der Waals surface area contributed by atoms with Gasteiger partial charge in [-0.05, 0) is 17.7 Å². The Balaban J connectivity index is 1.70. The van der Waals surface area contributed by atoms with Gasteiger partial charge in [0.15, 0.2) is 28.5 Å². The predicted molar refractivity (Wildman–Crippen MR) is 84.3 cm³/mol. The summed E-state index contributed by atoms with van der Waals surface area (Å²) in [6.07, 6.45) is 1.58. The van der Waals surface area contributed by atoms with Gasteiger partial charge in [0.2, 0.25) is 5.95 Å². The van der Waals surface area contributed by atoms with Gasteiger partial charge >= 0.3 is 0 Å². The van der Waals surface area contributed by atoms with Crippen molar-refractivity contribution in [2.45, 2.75) is 13.1 Å². The van der Waals surface area contributed by atoms with Crippen LogP contribution in [0.5, 0.6) is 11.5 Å². The van der Waals surface area contributed by atoms with Gasteiger partial charge in [-0.15, -0.1) is 0 Å². The molecule has 0 saturated heterocycles. The molecule has 0 bridgehead atoms. The number of phenolic OH excluding ortho intramolecular Hbond substituents is 2. The number of fused-ring (bicyclic) bond motifs is 1. The molecule has 1 aromatic carbocycles. The summed E-state index contributed by atoms with van der Waals surface area (Å²) in [7, 11) is 0. The molecule has 0 aliphatic rings. The van der Waals surface area contributed by atoms with E-state index < -0.39 is 0 Å². The quantitative estimate of drug-likeness (QED) is 0.427. The van der Waals surface area contributed by atoms with Crippen LogP contribution in [0.3, 0.4) is 0 Å². The third-order valence-electron chi connectivity index (χ3n) is 3.18. The summed E-state index contributed by atoms with van der Waals surface area (Å²) in [5, 5.41) is 21.9. The standard InChI is InChI=1S/C14H15N7O2/c15-12-11-13(21-14(16)20-12)18-6-8(19-11)5-17-4-7-1-2-9(22)10(23)3-7/h1-3,6,17,22-23H,4-5H2,(H4,15,16,18,20,21). The fourth-order valence-corrected chi connectivity index (χ4v) is 2.08. The molecular formula is C14H15N7O2. The first kappa shape index (κ1) is 14.7. The SMILES string of the molecule is Nc1nc(N)c2nc(CNCc3ccc(O)c(O)c3)cnc2n1. The van der Waals surface area contributed by atoms with E-state index in [0.717, 1.165) is 5.56 Å². The maximum absolute atomic E-state index is 9.45. The lowest BCUT2D eigenvalue weighted by molar-refractivity contribution is 0.403. The summed E-state index contributed by atoms with van der Waals surface area (Å²) in [5.74, 6) is -0.0613. The van der Waals surface area contributed by atoms with Gasteiger partial charge in [-0.25, -0.2) is 9.97 Å². The van der Waals surface area contributed by atoms with E-state index >= 15 is 0 Å². The third-order valence-corrected chi connectivity index (χ3v) is 3.18. The topological polar surface area (TPSA) is 156 Å². The molecule has 7 N–H and O–H groups in total. The van der Waals surface area contributed by atoms with Crippen LogP contribution < -0.4 is 16.8 Å². The lowest BCUT2D eigenvalue weighted by atomic mass is 10.2. The van der Waals surface area contributed by atoms with E-state index in [1.807, 2.05) is 0 Å². The minimum Gasteiger partial charge on any atom is -0.504 e. The number of anilines is 2. The zero-order valence-corrected chi connectivity index (χ0v) is 12.1. The molecule has 9 nitrogen and oxygen atoms in total. The molecule has 0 aliphatic carbocycles. The van der Waals surface area contributed by atoms with Gasteiger partial charge in [-0.2, -0.15) is 9.97 Å². The van der Waals surface area contributed by atoms with Crippen LogP contribution in [0.2, 0.25) is 0 Å². The Morgan fingerprint density at radius 2 is 1.83 bits per heavy atom. The first-order valence-electron chi connectivity index (χ1n) is 6.79.